The first-order chi connectivity index (χ1) is 16.2. The van der Waals surface area contributed by atoms with Gasteiger partial charge in [-0.1, -0.05) is 61.0 Å². The lowest BCUT2D eigenvalue weighted by Gasteiger charge is -2.40. The molecule has 3 aliphatic rings. The summed E-state index contributed by atoms with van der Waals surface area (Å²) in [6.45, 7) is 4.93. The Hall–Kier alpha value is -2.70. The smallest absolute Gasteiger partial charge is 0.240 e. The van der Waals surface area contributed by atoms with Crippen LogP contribution < -0.4 is 0 Å². The van der Waals surface area contributed by atoms with Gasteiger partial charge in [-0.2, -0.15) is 0 Å². The molecule has 3 aliphatic heterocycles. The van der Waals surface area contributed by atoms with Crippen molar-refractivity contribution in [3.63, 3.8) is 0 Å². The Kier molecular flexibility index (Phi) is 6.74. The Bertz CT molecular complexity index is 974. The van der Waals surface area contributed by atoms with E-state index in [-0.39, 0.29) is 23.8 Å². The summed E-state index contributed by atoms with van der Waals surface area (Å²) in [7, 11) is 0. The number of fused-ring (bicyclic) bond motifs is 1. The van der Waals surface area contributed by atoms with Crippen LogP contribution in [0.15, 0.2) is 54.6 Å². The van der Waals surface area contributed by atoms with Crippen molar-refractivity contribution in [2.24, 2.45) is 0 Å². The quantitative estimate of drug-likeness (QED) is 0.723. The summed E-state index contributed by atoms with van der Waals surface area (Å²) in [5.74, 6) is 0.455. The zero-order valence-corrected chi connectivity index (χ0v) is 19.2. The van der Waals surface area contributed by atoms with Crippen molar-refractivity contribution in [3.8, 4) is 0 Å². The van der Waals surface area contributed by atoms with E-state index in [1.165, 1.54) is 16.7 Å². The summed E-state index contributed by atoms with van der Waals surface area (Å²) in [5.41, 5.74) is 3.76. The number of amides is 2. The van der Waals surface area contributed by atoms with Gasteiger partial charge in [0.2, 0.25) is 11.8 Å². The van der Waals surface area contributed by atoms with Crippen molar-refractivity contribution in [1.82, 2.24) is 14.7 Å². The molecule has 2 amide bonds. The number of ether oxygens (including phenoxy) is 1. The first kappa shape index (κ1) is 22.1. The average molecular weight is 448 g/mol. The molecule has 3 heterocycles. The second kappa shape index (κ2) is 10.1. The largest absolute Gasteiger partial charge is 0.378 e. The summed E-state index contributed by atoms with van der Waals surface area (Å²) in [6, 6.07) is 18.7. The first-order valence-corrected chi connectivity index (χ1v) is 12.2. The highest BCUT2D eigenvalue weighted by atomic mass is 16.5. The van der Waals surface area contributed by atoms with E-state index in [0.29, 0.717) is 45.9 Å². The molecule has 5 rings (SSSR count). The van der Waals surface area contributed by atoms with Gasteiger partial charge in [0.1, 0.15) is 0 Å². The number of benzene rings is 2. The molecule has 2 aromatic carbocycles. The van der Waals surface area contributed by atoms with Gasteiger partial charge in [0.25, 0.3) is 0 Å². The SMILES string of the molecule is O=C(CN1CCCCC1C(=O)N1CCOCC1)N1Cc2ccccc2C(c2ccccc2)C1. The van der Waals surface area contributed by atoms with E-state index in [2.05, 4.69) is 53.4 Å². The fourth-order valence-corrected chi connectivity index (χ4v) is 5.50. The summed E-state index contributed by atoms with van der Waals surface area (Å²) < 4.78 is 5.41. The lowest BCUT2D eigenvalue weighted by molar-refractivity contribution is -0.144. The molecule has 2 saturated heterocycles. The Morgan fingerprint density at radius 1 is 0.879 bits per heavy atom. The molecule has 0 bridgehead atoms. The predicted octanol–water partition coefficient (Wildman–Crippen LogP) is 2.87. The van der Waals surface area contributed by atoms with Gasteiger partial charge in [-0.25, -0.2) is 0 Å². The highest BCUT2D eigenvalue weighted by Crippen LogP contribution is 2.33. The Morgan fingerprint density at radius 2 is 1.64 bits per heavy atom. The lowest BCUT2D eigenvalue weighted by Crippen LogP contribution is -2.55. The Balaban J connectivity index is 1.32. The lowest BCUT2D eigenvalue weighted by atomic mass is 9.84. The molecule has 0 aliphatic carbocycles. The molecular formula is C27H33N3O3. The molecule has 0 saturated carbocycles. The minimum atomic E-state index is -0.192. The van der Waals surface area contributed by atoms with Crippen LogP contribution in [0, 0.1) is 0 Å². The van der Waals surface area contributed by atoms with E-state index < -0.39 is 0 Å². The fourth-order valence-electron chi connectivity index (χ4n) is 5.50. The maximum Gasteiger partial charge on any atom is 0.240 e. The van der Waals surface area contributed by atoms with Gasteiger partial charge in [0.05, 0.1) is 25.8 Å². The van der Waals surface area contributed by atoms with Gasteiger partial charge in [-0.3, -0.25) is 14.5 Å². The molecule has 33 heavy (non-hydrogen) atoms. The number of likely N-dealkylation sites (tertiary alicyclic amines) is 1. The summed E-state index contributed by atoms with van der Waals surface area (Å²) >= 11 is 0. The highest BCUT2D eigenvalue weighted by molar-refractivity contribution is 5.84. The molecule has 2 atom stereocenters. The molecule has 0 radical (unpaired) electrons. The van der Waals surface area contributed by atoms with Crippen LogP contribution in [0.1, 0.15) is 41.9 Å². The second-order valence-electron chi connectivity index (χ2n) is 9.36. The van der Waals surface area contributed by atoms with Crippen molar-refractivity contribution in [2.45, 2.75) is 37.8 Å². The third-order valence-corrected chi connectivity index (χ3v) is 7.31. The molecule has 0 N–H and O–H groups in total. The normalized spacial score (nSPS) is 23.8. The first-order valence-electron chi connectivity index (χ1n) is 12.2. The number of rotatable bonds is 4. The molecule has 6 nitrogen and oxygen atoms in total. The molecule has 174 valence electrons. The number of carbonyl (C=O) groups is 2. The van der Waals surface area contributed by atoms with Gasteiger partial charge in [0.15, 0.2) is 0 Å². The van der Waals surface area contributed by atoms with Crippen LogP contribution in [0.5, 0.6) is 0 Å². The van der Waals surface area contributed by atoms with Crippen molar-refractivity contribution in [2.75, 3.05) is 45.9 Å². The molecular weight excluding hydrogens is 414 g/mol. The average Bonchev–Trinajstić information content (AvgIpc) is 2.89. The number of hydrogen-bond acceptors (Lipinski definition) is 4. The Labute approximate surface area is 196 Å². The zero-order valence-electron chi connectivity index (χ0n) is 19.2. The van der Waals surface area contributed by atoms with E-state index in [1.807, 2.05) is 15.9 Å². The topological polar surface area (TPSA) is 53.1 Å². The molecule has 2 unspecified atom stereocenters. The van der Waals surface area contributed by atoms with Crippen LogP contribution in [0.3, 0.4) is 0 Å². The van der Waals surface area contributed by atoms with Crippen molar-refractivity contribution < 1.29 is 14.3 Å². The van der Waals surface area contributed by atoms with Crippen molar-refractivity contribution >= 4 is 11.8 Å². The predicted molar refractivity (Wildman–Crippen MR) is 127 cm³/mol. The van der Waals surface area contributed by atoms with E-state index in [0.717, 1.165) is 25.8 Å². The number of morpholine rings is 1. The van der Waals surface area contributed by atoms with Crippen LogP contribution in [-0.2, 0) is 20.9 Å². The van der Waals surface area contributed by atoms with Crippen LogP contribution in [0.25, 0.3) is 0 Å². The summed E-state index contributed by atoms with van der Waals surface area (Å²) in [4.78, 5) is 32.8. The number of hydrogen-bond donors (Lipinski definition) is 0. The van der Waals surface area contributed by atoms with Crippen LogP contribution in [-0.4, -0.2) is 78.5 Å². The van der Waals surface area contributed by atoms with Gasteiger partial charge in [0, 0.05) is 32.1 Å². The van der Waals surface area contributed by atoms with E-state index >= 15 is 0 Å². The van der Waals surface area contributed by atoms with Crippen LogP contribution in [0.4, 0.5) is 0 Å². The van der Waals surface area contributed by atoms with Crippen LogP contribution in [0.2, 0.25) is 0 Å². The number of carbonyl (C=O) groups excluding carboxylic acids is 2. The Morgan fingerprint density at radius 3 is 2.45 bits per heavy atom. The van der Waals surface area contributed by atoms with Crippen LogP contribution >= 0.6 is 0 Å². The van der Waals surface area contributed by atoms with E-state index in [1.54, 1.807) is 0 Å². The summed E-state index contributed by atoms with van der Waals surface area (Å²) in [6.07, 6.45) is 2.91. The minimum absolute atomic E-state index is 0.118. The minimum Gasteiger partial charge on any atom is -0.378 e. The molecule has 2 fully saturated rings. The molecule has 2 aromatic rings. The monoisotopic (exact) mass is 447 g/mol. The molecule has 0 spiro atoms. The van der Waals surface area contributed by atoms with Gasteiger partial charge >= 0.3 is 0 Å². The van der Waals surface area contributed by atoms with Gasteiger partial charge in [-0.05, 0) is 36.1 Å². The molecule has 0 aromatic heterocycles. The zero-order chi connectivity index (χ0) is 22.6. The summed E-state index contributed by atoms with van der Waals surface area (Å²) in [5, 5.41) is 0. The number of piperidine rings is 1. The number of nitrogens with zero attached hydrogens (tertiary/aromatic N) is 3. The molecule has 6 heteroatoms. The third kappa shape index (κ3) is 4.82. The van der Waals surface area contributed by atoms with Gasteiger partial charge < -0.3 is 14.5 Å². The van der Waals surface area contributed by atoms with E-state index in [9.17, 15) is 9.59 Å². The third-order valence-electron chi connectivity index (χ3n) is 7.31. The van der Waals surface area contributed by atoms with Crippen molar-refractivity contribution in [3.05, 3.63) is 71.3 Å². The maximum atomic E-state index is 13.5. The van der Waals surface area contributed by atoms with Crippen molar-refractivity contribution in [1.29, 1.82) is 0 Å². The van der Waals surface area contributed by atoms with Gasteiger partial charge in [-0.15, -0.1) is 0 Å². The second-order valence-corrected chi connectivity index (χ2v) is 9.36. The fraction of sp³-hybridized carbons (Fsp3) is 0.481. The highest BCUT2D eigenvalue weighted by Gasteiger charge is 2.35. The van der Waals surface area contributed by atoms with E-state index in [4.69, 9.17) is 4.74 Å². The standard InChI is InChI=1S/C27H33N3O3/c31-26(20-29-13-7-6-12-25(29)27(32)28-14-16-33-17-15-28)30-18-22-10-4-5-11-23(22)24(19-30)21-8-2-1-3-9-21/h1-5,8-11,24-25H,6-7,12-20H2. The maximum absolute atomic E-state index is 13.5.